The van der Waals surface area contributed by atoms with Crippen molar-refractivity contribution in [1.82, 2.24) is 10.3 Å². The Morgan fingerprint density at radius 3 is 2.77 bits per heavy atom. The van der Waals surface area contributed by atoms with E-state index in [0.29, 0.717) is 11.6 Å². The van der Waals surface area contributed by atoms with E-state index < -0.39 is 0 Å². The Balaban J connectivity index is 1.59. The number of pyridine rings is 1. The van der Waals surface area contributed by atoms with E-state index in [1.165, 1.54) is 0 Å². The normalized spacial score (nSPS) is 10.4. The molecule has 1 amide bonds. The van der Waals surface area contributed by atoms with Gasteiger partial charge >= 0.3 is 0 Å². The molecule has 0 bridgehead atoms. The Bertz CT molecular complexity index is 967. The first-order valence-corrected chi connectivity index (χ1v) is 9.55. The second-order valence-corrected chi connectivity index (χ2v) is 7.37. The summed E-state index contributed by atoms with van der Waals surface area (Å²) in [6.07, 6.45) is 1.63. The van der Waals surface area contributed by atoms with Crippen molar-refractivity contribution in [3.05, 3.63) is 63.7 Å². The average molecular weight is 495 g/mol. The van der Waals surface area contributed by atoms with Gasteiger partial charge in [-0.2, -0.15) is 0 Å². The summed E-state index contributed by atoms with van der Waals surface area (Å²) in [5.41, 5.74) is 0. The van der Waals surface area contributed by atoms with E-state index in [4.69, 9.17) is 17.0 Å². The number of thiocarbonyl (C=S) groups is 1. The van der Waals surface area contributed by atoms with Crippen LogP contribution in [0.1, 0.15) is 0 Å². The highest BCUT2D eigenvalue weighted by Gasteiger charge is 2.10. The van der Waals surface area contributed by atoms with Crippen LogP contribution in [0.3, 0.4) is 0 Å². The summed E-state index contributed by atoms with van der Waals surface area (Å²) in [6, 6.07) is 15.0. The zero-order valence-corrected chi connectivity index (χ0v) is 17.3. The third-order valence-electron chi connectivity index (χ3n) is 3.40. The third-order valence-corrected chi connectivity index (χ3v) is 4.91. The van der Waals surface area contributed by atoms with Gasteiger partial charge in [-0.3, -0.25) is 10.1 Å². The number of carbonyl (C=O) groups is 1. The molecule has 0 aliphatic rings. The molecule has 3 aromatic rings. The average Bonchev–Trinajstić information content (AvgIpc) is 2.61. The van der Waals surface area contributed by atoms with Crippen molar-refractivity contribution in [2.45, 2.75) is 0 Å². The van der Waals surface area contributed by atoms with Gasteiger partial charge < -0.3 is 10.1 Å². The minimum absolute atomic E-state index is 0.162. The summed E-state index contributed by atoms with van der Waals surface area (Å²) < 4.78 is 7.41. The molecule has 0 atom stereocenters. The van der Waals surface area contributed by atoms with Gasteiger partial charge in [-0.15, -0.1) is 0 Å². The zero-order chi connectivity index (χ0) is 18.5. The topological polar surface area (TPSA) is 63.2 Å². The first-order valence-electron chi connectivity index (χ1n) is 7.55. The molecule has 0 aliphatic heterocycles. The largest absolute Gasteiger partial charge is 0.483 e. The van der Waals surface area contributed by atoms with Crippen molar-refractivity contribution >= 4 is 71.7 Å². The van der Waals surface area contributed by atoms with E-state index in [-0.39, 0.29) is 17.6 Å². The molecule has 2 N–H and O–H groups in total. The number of halogens is 2. The molecule has 0 radical (unpaired) electrons. The monoisotopic (exact) mass is 493 g/mol. The van der Waals surface area contributed by atoms with Gasteiger partial charge in [0.1, 0.15) is 11.6 Å². The van der Waals surface area contributed by atoms with Crippen LogP contribution in [0, 0.1) is 0 Å². The van der Waals surface area contributed by atoms with Crippen LogP contribution in [0.25, 0.3) is 10.8 Å². The Hall–Kier alpha value is -2.03. The van der Waals surface area contributed by atoms with Crippen LogP contribution in [0.2, 0.25) is 0 Å². The molecule has 1 aromatic heterocycles. The summed E-state index contributed by atoms with van der Waals surface area (Å²) in [6.45, 7) is -0.162. The Morgan fingerprint density at radius 2 is 2.00 bits per heavy atom. The quantitative estimate of drug-likeness (QED) is 0.517. The van der Waals surface area contributed by atoms with Crippen LogP contribution in [0.5, 0.6) is 5.75 Å². The highest BCUT2D eigenvalue weighted by atomic mass is 79.9. The number of fused-ring (bicyclic) bond motifs is 1. The van der Waals surface area contributed by atoms with Crippen molar-refractivity contribution < 1.29 is 9.53 Å². The standard InChI is InChI=1S/C18H13Br2N3O2S/c19-12-5-6-13-11(9-12)4-7-14(17(13)20)25-10-16(24)23-18(26)22-15-3-1-2-8-21-15/h1-9H,10H2,(H2,21,22,23,24,26). The number of amides is 1. The lowest BCUT2D eigenvalue weighted by atomic mass is 10.1. The van der Waals surface area contributed by atoms with Crippen molar-refractivity contribution in [3.8, 4) is 5.75 Å². The van der Waals surface area contributed by atoms with Gasteiger partial charge in [0.2, 0.25) is 0 Å². The van der Waals surface area contributed by atoms with Crippen LogP contribution in [0.4, 0.5) is 5.82 Å². The van der Waals surface area contributed by atoms with Gasteiger partial charge in [-0.1, -0.05) is 34.1 Å². The summed E-state index contributed by atoms with van der Waals surface area (Å²) >= 11 is 12.1. The van der Waals surface area contributed by atoms with Crippen LogP contribution in [0.15, 0.2) is 63.7 Å². The Kier molecular flexibility index (Phi) is 6.18. The summed E-state index contributed by atoms with van der Waals surface area (Å²) in [7, 11) is 0. The Morgan fingerprint density at radius 1 is 1.15 bits per heavy atom. The molecule has 3 rings (SSSR count). The lowest BCUT2D eigenvalue weighted by molar-refractivity contribution is -0.121. The van der Waals surface area contributed by atoms with Gasteiger partial charge in [-0.25, -0.2) is 4.98 Å². The number of aromatic nitrogens is 1. The lowest BCUT2D eigenvalue weighted by Gasteiger charge is -2.12. The molecule has 1 heterocycles. The van der Waals surface area contributed by atoms with Crippen molar-refractivity contribution in [3.63, 3.8) is 0 Å². The zero-order valence-electron chi connectivity index (χ0n) is 13.3. The van der Waals surface area contributed by atoms with E-state index in [1.807, 2.05) is 36.4 Å². The Labute approximate surface area is 172 Å². The maximum Gasteiger partial charge on any atom is 0.264 e. The van der Waals surface area contributed by atoms with Gasteiger partial charge in [0, 0.05) is 10.7 Å². The second-order valence-electron chi connectivity index (χ2n) is 5.25. The second kappa shape index (κ2) is 8.57. The molecule has 8 heteroatoms. The van der Waals surface area contributed by atoms with Gasteiger partial charge in [0.05, 0.1) is 4.47 Å². The van der Waals surface area contributed by atoms with E-state index in [1.54, 1.807) is 18.3 Å². The smallest absolute Gasteiger partial charge is 0.264 e. The minimum Gasteiger partial charge on any atom is -0.483 e. The maximum atomic E-state index is 12.0. The number of hydrogen-bond acceptors (Lipinski definition) is 4. The fourth-order valence-corrected chi connectivity index (χ4v) is 3.45. The predicted octanol–water partition coefficient (Wildman–Crippen LogP) is 4.65. The summed E-state index contributed by atoms with van der Waals surface area (Å²) in [5.74, 6) is 0.780. The fourth-order valence-electron chi connectivity index (χ4n) is 2.24. The number of hydrogen-bond donors (Lipinski definition) is 2. The van der Waals surface area contributed by atoms with Crippen LogP contribution in [-0.4, -0.2) is 22.6 Å². The minimum atomic E-state index is -0.360. The molecule has 0 fully saturated rings. The molecule has 132 valence electrons. The molecule has 26 heavy (non-hydrogen) atoms. The highest BCUT2D eigenvalue weighted by molar-refractivity contribution is 9.11. The number of anilines is 1. The molecule has 0 unspecified atom stereocenters. The number of ether oxygens (including phenoxy) is 1. The molecule has 2 aromatic carbocycles. The molecule has 0 aliphatic carbocycles. The summed E-state index contributed by atoms with van der Waals surface area (Å²) in [5, 5.41) is 7.61. The molecular weight excluding hydrogens is 482 g/mol. The number of rotatable bonds is 4. The molecule has 0 saturated carbocycles. The van der Waals surface area contributed by atoms with Gasteiger partial charge in [-0.05, 0) is 69.3 Å². The molecule has 0 saturated heterocycles. The first kappa shape index (κ1) is 18.8. The third kappa shape index (κ3) is 4.78. The number of benzene rings is 2. The lowest BCUT2D eigenvalue weighted by Crippen LogP contribution is -2.37. The fraction of sp³-hybridized carbons (Fsp3) is 0.0556. The van der Waals surface area contributed by atoms with Crippen LogP contribution >= 0.6 is 44.1 Å². The van der Waals surface area contributed by atoms with E-state index in [9.17, 15) is 4.79 Å². The maximum absolute atomic E-state index is 12.0. The van der Waals surface area contributed by atoms with E-state index in [0.717, 1.165) is 19.7 Å². The number of nitrogens with one attached hydrogen (secondary N) is 2. The molecule has 5 nitrogen and oxygen atoms in total. The number of nitrogens with zero attached hydrogens (tertiary/aromatic N) is 1. The van der Waals surface area contributed by atoms with Crippen LogP contribution < -0.4 is 15.4 Å². The number of carbonyl (C=O) groups excluding carboxylic acids is 1. The van der Waals surface area contributed by atoms with Gasteiger partial charge in [0.25, 0.3) is 5.91 Å². The van der Waals surface area contributed by atoms with Crippen molar-refractivity contribution in [1.29, 1.82) is 0 Å². The molecule has 0 spiro atoms. The van der Waals surface area contributed by atoms with E-state index >= 15 is 0 Å². The SMILES string of the molecule is O=C(COc1ccc2cc(Br)ccc2c1Br)NC(=S)Nc1ccccn1. The predicted molar refractivity (Wildman–Crippen MR) is 113 cm³/mol. The first-order chi connectivity index (χ1) is 12.5. The molecular formula is C18H13Br2N3O2S. The van der Waals surface area contributed by atoms with E-state index in [2.05, 4.69) is 47.5 Å². The van der Waals surface area contributed by atoms with Crippen molar-refractivity contribution in [2.24, 2.45) is 0 Å². The van der Waals surface area contributed by atoms with Crippen molar-refractivity contribution in [2.75, 3.05) is 11.9 Å². The highest BCUT2D eigenvalue weighted by Crippen LogP contribution is 2.34. The van der Waals surface area contributed by atoms with Gasteiger partial charge in [0.15, 0.2) is 11.7 Å². The summed E-state index contributed by atoms with van der Waals surface area (Å²) in [4.78, 5) is 16.1. The van der Waals surface area contributed by atoms with Crippen LogP contribution in [-0.2, 0) is 4.79 Å².